The van der Waals surface area contributed by atoms with Crippen LogP contribution >= 0.6 is 0 Å². The number of esters is 1. The van der Waals surface area contributed by atoms with Gasteiger partial charge in [0.25, 0.3) is 5.91 Å². The Balaban J connectivity index is 1.97. The van der Waals surface area contributed by atoms with Gasteiger partial charge in [-0.15, -0.1) is 0 Å². The fraction of sp³-hybridized carbons (Fsp3) is 0.222. The molecule has 1 amide bonds. The fourth-order valence-electron chi connectivity index (χ4n) is 2.05. The Hall–Kier alpha value is -2.73. The first-order valence-corrected chi connectivity index (χ1v) is 7.35. The lowest BCUT2D eigenvalue weighted by atomic mass is 10.1. The molecule has 0 radical (unpaired) electrons. The number of ether oxygens (including phenoxy) is 2. The number of hydrogen-bond acceptors (Lipinski definition) is 4. The lowest BCUT2D eigenvalue weighted by Crippen LogP contribution is -2.30. The van der Waals surface area contributed by atoms with Crippen LogP contribution in [0.4, 0.5) is 10.1 Å². The number of carbonyl (C=O) groups excluding carboxylic acids is 2. The number of benzene rings is 2. The molecule has 0 fully saturated rings. The standard InChI is InChI=1S/C18H18FNO4/c1-12(17(21)20-16-8-4-7-15(19)10-16)24-18(22)14-6-3-5-13(9-14)11-23-2/h3-10,12H,11H2,1-2H3,(H,20,21)/t12-/m1/s1. The van der Waals surface area contributed by atoms with Gasteiger partial charge in [-0.05, 0) is 42.8 Å². The van der Waals surface area contributed by atoms with Crippen LogP contribution < -0.4 is 5.32 Å². The Bertz CT molecular complexity index is 732. The summed E-state index contributed by atoms with van der Waals surface area (Å²) in [6.07, 6.45) is -1.02. The third kappa shape index (κ3) is 4.89. The van der Waals surface area contributed by atoms with E-state index in [1.807, 2.05) is 6.07 Å². The summed E-state index contributed by atoms with van der Waals surface area (Å²) >= 11 is 0. The van der Waals surface area contributed by atoms with Crippen molar-refractivity contribution in [2.24, 2.45) is 0 Å². The van der Waals surface area contributed by atoms with E-state index in [1.165, 1.54) is 25.1 Å². The molecule has 0 unspecified atom stereocenters. The zero-order valence-corrected chi connectivity index (χ0v) is 13.4. The number of rotatable bonds is 6. The fourth-order valence-corrected chi connectivity index (χ4v) is 2.05. The predicted molar refractivity (Wildman–Crippen MR) is 87.1 cm³/mol. The van der Waals surface area contributed by atoms with E-state index in [0.717, 1.165) is 5.56 Å². The molecule has 0 saturated heterocycles. The highest BCUT2D eigenvalue weighted by Crippen LogP contribution is 2.12. The van der Waals surface area contributed by atoms with Gasteiger partial charge < -0.3 is 14.8 Å². The Morgan fingerprint density at radius 3 is 2.62 bits per heavy atom. The zero-order chi connectivity index (χ0) is 17.5. The molecule has 126 valence electrons. The van der Waals surface area contributed by atoms with E-state index in [9.17, 15) is 14.0 Å². The maximum Gasteiger partial charge on any atom is 0.338 e. The summed E-state index contributed by atoms with van der Waals surface area (Å²) in [7, 11) is 1.56. The molecule has 2 aromatic carbocycles. The van der Waals surface area contributed by atoms with Crippen molar-refractivity contribution in [3.05, 3.63) is 65.5 Å². The van der Waals surface area contributed by atoms with E-state index in [-0.39, 0.29) is 0 Å². The van der Waals surface area contributed by atoms with Crippen LogP contribution in [0.25, 0.3) is 0 Å². The second-order valence-electron chi connectivity index (χ2n) is 5.18. The first-order chi connectivity index (χ1) is 11.5. The van der Waals surface area contributed by atoms with Crippen LogP contribution in [0, 0.1) is 5.82 Å². The second kappa shape index (κ2) is 8.21. The number of nitrogens with one attached hydrogen (secondary N) is 1. The molecule has 2 rings (SSSR count). The van der Waals surface area contributed by atoms with Crippen LogP contribution in [-0.4, -0.2) is 25.1 Å². The molecule has 0 spiro atoms. The van der Waals surface area contributed by atoms with Crippen molar-refractivity contribution in [2.45, 2.75) is 19.6 Å². The Morgan fingerprint density at radius 2 is 1.92 bits per heavy atom. The van der Waals surface area contributed by atoms with Crippen LogP contribution in [0.1, 0.15) is 22.8 Å². The first-order valence-electron chi connectivity index (χ1n) is 7.35. The van der Waals surface area contributed by atoms with Crippen molar-refractivity contribution in [3.8, 4) is 0 Å². The van der Waals surface area contributed by atoms with Crippen LogP contribution in [-0.2, 0) is 20.9 Å². The third-order valence-corrected chi connectivity index (χ3v) is 3.22. The average Bonchev–Trinajstić information content (AvgIpc) is 2.55. The maximum atomic E-state index is 13.1. The SMILES string of the molecule is COCc1cccc(C(=O)O[C@H](C)C(=O)Nc2cccc(F)c2)c1. The van der Waals surface area contributed by atoms with E-state index < -0.39 is 23.8 Å². The second-order valence-corrected chi connectivity index (χ2v) is 5.18. The van der Waals surface area contributed by atoms with Gasteiger partial charge >= 0.3 is 5.97 Å². The lowest BCUT2D eigenvalue weighted by molar-refractivity contribution is -0.123. The third-order valence-electron chi connectivity index (χ3n) is 3.22. The van der Waals surface area contributed by atoms with E-state index in [0.29, 0.717) is 17.9 Å². The van der Waals surface area contributed by atoms with Gasteiger partial charge in [0, 0.05) is 12.8 Å². The molecule has 0 aliphatic carbocycles. The molecule has 0 heterocycles. The monoisotopic (exact) mass is 331 g/mol. The van der Waals surface area contributed by atoms with Gasteiger partial charge in [-0.2, -0.15) is 0 Å². The first kappa shape index (κ1) is 17.6. The smallest absolute Gasteiger partial charge is 0.338 e. The molecule has 24 heavy (non-hydrogen) atoms. The Kier molecular flexibility index (Phi) is 6.03. The van der Waals surface area contributed by atoms with Crippen LogP contribution in [0.2, 0.25) is 0 Å². The summed E-state index contributed by atoms with van der Waals surface area (Å²) in [6.45, 7) is 1.82. The minimum Gasteiger partial charge on any atom is -0.449 e. The van der Waals surface area contributed by atoms with Gasteiger partial charge in [-0.3, -0.25) is 4.79 Å². The van der Waals surface area contributed by atoms with Gasteiger partial charge in [0.15, 0.2) is 6.10 Å². The molecule has 0 aliphatic rings. The summed E-state index contributed by atoms with van der Waals surface area (Å²) in [4.78, 5) is 24.1. The van der Waals surface area contributed by atoms with Gasteiger partial charge in [0.05, 0.1) is 12.2 Å². The molecule has 2 aromatic rings. The van der Waals surface area contributed by atoms with Crippen molar-refractivity contribution < 1.29 is 23.5 Å². The molecule has 6 heteroatoms. The highest BCUT2D eigenvalue weighted by atomic mass is 19.1. The molecular formula is C18H18FNO4. The molecule has 5 nitrogen and oxygen atoms in total. The van der Waals surface area contributed by atoms with Crippen molar-refractivity contribution in [1.82, 2.24) is 0 Å². The normalized spacial score (nSPS) is 11.6. The zero-order valence-electron chi connectivity index (χ0n) is 13.4. The van der Waals surface area contributed by atoms with Crippen molar-refractivity contribution in [1.29, 1.82) is 0 Å². The van der Waals surface area contributed by atoms with E-state index >= 15 is 0 Å². The maximum absolute atomic E-state index is 13.1. The highest BCUT2D eigenvalue weighted by Gasteiger charge is 2.19. The Morgan fingerprint density at radius 1 is 1.17 bits per heavy atom. The van der Waals surface area contributed by atoms with E-state index in [2.05, 4.69) is 5.32 Å². The number of carbonyl (C=O) groups is 2. The molecule has 0 aromatic heterocycles. The largest absolute Gasteiger partial charge is 0.449 e. The molecule has 0 saturated carbocycles. The minimum absolute atomic E-state index is 0.296. The number of hydrogen-bond donors (Lipinski definition) is 1. The number of methoxy groups -OCH3 is 1. The number of halogens is 1. The quantitative estimate of drug-likeness (QED) is 0.826. The van der Waals surface area contributed by atoms with Crippen LogP contribution in [0.3, 0.4) is 0 Å². The summed E-state index contributed by atoms with van der Waals surface area (Å²) in [5, 5.41) is 2.49. The highest BCUT2D eigenvalue weighted by molar-refractivity contribution is 5.97. The Labute approximate surface area is 139 Å². The van der Waals surface area contributed by atoms with E-state index in [1.54, 1.807) is 31.4 Å². The topological polar surface area (TPSA) is 64.6 Å². The molecule has 1 atom stereocenters. The minimum atomic E-state index is -1.02. The summed E-state index contributed by atoms with van der Waals surface area (Å²) < 4.78 is 23.3. The molecule has 1 N–H and O–H groups in total. The summed E-state index contributed by atoms with van der Waals surface area (Å²) in [5.41, 5.74) is 1.45. The molecular weight excluding hydrogens is 313 g/mol. The van der Waals surface area contributed by atoms with Crippen molar-refractivity contribution >= 4 is 17.6 Å². The lowest BCUT2D eigenvalue weighted by Gasteiger charge is -2.14. The van der Waals surface area contributed by atoms with Gasteiger partial charge in [-0.25, -0.2) is 9.18 Å². The van der Waals surface area contributed by atoms with Crippen LogP contribution in [0.15, 0.2) is 48.5 Å². The van der Waals surface area contributed by atoms with Crippen molar-refractivity contribution in [3.63, 3.8) is 0 Å². The number of anilines is 1. The summed E-state index contributed by atoms with van der Waals surface area (Å²) in [6, 6.07) is 12.2. The van der Waals surface area contributed by atoms with E-state index in [4.69, 9.17) is 9.47 Å². The predicted octanol–water partition coefficient (Wildman–Crippen LogP) is 3.16. The average molecular weight is 331 g/mol. The van der Waals surface area contributed by atoms with Crippen molar-refractivity contribution in [2.75, 3.05) is 12.4 Å². The van der Waals surface area contributed by atoms with Gasteiger partial charge in [0.1, 0.15) is 5.82 Å². The van der Waals surface area contributed by atoms with Gasteiger partial charge in [-0.1, -0.05) is 18.2 Å². The van der Waals surface area contributed by atoms with Gasteiger partial charge in [0.2, 0.25) is 0 Å². The molecule has 0 aliphatic heterocycles. The van der Waals surface area contributed by atoms with Crippen LogP contribution in [0.5, 0.6) is 0 Å². The molecule has 0 bridgehead atoms. The number of amides is 1. The summed E-state index contributed by atoms with van der Waals surface area (Å²) in [5.74, 6) is -1.62.